The smallest absolute Gasteiger partial charge is 0.407 e. The van der Waals surface area contributed by atoms with Crippen LogP contribution in [-0.4, -0.2) is 105 Å². The van der Waals surface area contributed by atoms with Gasteiger partial charge in [0.15, 0.2) is 0 Å². The van der Waals surface area contributed by atoms with Crippen molar-refractivity contribution in [2.75, 3.05) is 33.9 Å². The lowest BCUT2D eigenvalue weighted by atomic mass is 9.98. The number of carboxylic acid groups (broad SMARTS) is 1. The number of imidazole rings is 2. The van der Waals surface area contributed by atoms with Gasteiger partial charge in [-0.05, 0) is 77.3 Å². The van der Waals surface area contributed by atoms with Crippen LogP contribution in [0.3, 0.4) is 0 Å². The Bertz CT molecular complexity index is 2620. The van der Waals surface area contributed by atoms with Crippen molar-refractivity contribution in [1.29, 1.82) is 0 Å². The number of benzene rings is 4. The summed E-state index contributed by atoms with van der Waals surface area (Å²) in [6.45, 7) is 8.97. The van der Waals surface area contributed by atoms with E-state index >= 15 is 0 Å². The number of aromatic amines is 2. The highest BCUT2D eigenvalue weighted by molar-refractivity contribution is 6.07. The molecule has 4 amide bonds. The third-order valence-corrected chi connectivity index (χ3v) is 12.2. The van der Waals surface area contributed by atoms with Gasteiger partial charge in [-0.1, -0.05) is 64.1 Å². The highest BCUT2D eigenvalue weighted by Gasteiger charge is 2.42. The number of ether oxygens (including phenoxy) is 2. The van der Waals surface area contributed by atoms with Gasteiger partial charge < -0.3 is 45.0 Å². The monoisotopic (exact) mass is 816 g/mol. The Kier molecular flexibility index (Phi) is 11.1. The number of carbonyl (C=O) groups excluding carboxylic acids is 3. The molecule has 2 saturated heterocycles. The largest absolute Gasteiger partial charge is 0.465 e. The number of hydrogen-bond donors (Lipinski definition) is 5. The molecule has 0 aliphatic carbocycles. The summed E-state index contributed by atoms with van der Waals surface area (Å²) in [4.78, 5) is 71.8. The summed E-state index contributed by atoms with van der Waals surface area (Å²) >= 11 is 0. The normalized spacial score (nSPS) is 19.2. The van der Waals surface area contributed by atoms with Crippen LogP contribution >= 0.6 is 0 Å². The first-order valence-corrected chi connectivity index (χ1v) is 20.6. The number of hydrogen-bond acceptors (Lipinski definition) is 8. The van der Waals surface area contributed by atoms with Gasteiger partial charge >= 0.3 is 12.2 Å². The van der Waals surface area contributed by atoms with E-state index in [1.54, 1.807) is 12.0 Å². The van der Waals surface area contributed by atoms with Crippen LogP contribution in [0.25, 0.3) is 54.7 Å². The predicted molar refractivity (Wildman–Crippen MR) is 228 cm³/mol. The van der Waals surface area contributed by atoms with E-state index in [0.717, 1.165) is 73.4 Å². The summed E-state index contributed by atoms with van der Waals surface area (Å²) in [6.07, 6.45) is 0.380. The lowest BCUT2D eigenvalue weighted by molar-refractivity contribution is -0.136. The Morgan fingerprint density at radius 2 is 1.32 bits per heavy atom. The van der Waals surface area contributed by atoms with Gasteiger partial charge in [-0.25, -0.2) is 19.6 Å². The van der Waals surface area contributed by atoms with Crippen molar-refractivity contribution < 1.29 is 33.8 Å². The number of carbonyl (C=O) groups is 4. The molecule has 15 heteroatoms. The zero-order valence-electron chi connectivity index (χ0n) is 34.7. The molecule has 60 heavy (non-hydrogen) atoms. The quantitative estimate of drug-likeness (QED) is 0.0893. The van der Waals surface area contributed by atoms with Crippen molar-refractivity contribution in [2.45, 2.75) is 71.1 Å². The number of H-pyrrole nitrogens is 2. The average Bonchev–Trinajstić information content (AvgIpc) is 4.06. The molecule has 5 N–H and O–H groups in total. The molecule has 0 bridgehead atoms. The van der Waals surface area contributed by atoms with E-state index in [9.17, 15) is 24.3 Å². The molecule has 0 spiro atoms. The molecule has 4 heterocycles. The maximum Gasteiger partial charge on any atom is 0.407 e. The van der Waals surface area contributed by atoms with Crippen LogP contribution in [0, 0.1) is 17.8 Å². The molecule has 2 aromatic heterocycles. The molecule has 4 aromatic carbocycles. The van der Waals surface area contributed by atoms with Crippen molar-refractivity contribution >= 4 is 67.6 Å². The molecule has 2 aliphatic heterocycles. The number of rotatable bonds is 11. The number of fused-ring (bicyclic) bond motifs is 6. The lowest BCUT2D eigenvalue weighted by Gasteiger charge is -2.29. The highest BCUT2D eigenvalue weighted by atomic mass is 16.5. The summed E-state index contributed by atoms with van der Waals surface area (Å²) < 4.78 is 10.3. The Labute approximate surface area is 347 Å². The van der Waals surface area contributed by atoms with Gasteiger partial charge in [-0.15, -0.1) is 0 Å². The Balaban J connectivity index is 1.06. The Morgan fingerprint density at radius 1 is 0.767 bits per heavy atom. The summed E-state index contributed by atoms with van der Waals surface area (Å²) in [6, 6.07) is 18.7. The molecule has 0 unspecified atom stereocenters. The minimum absolute atomic E-state index is 0.0802. The van der Waals surface area contributed by atoms with Gasteiger partial charge in [0.2, 0.25) is 11.8 Å². The fraction of sp³-hybridized carbons (Fsp3) is 0.422. The molecular weight excluding hydrogens is 765 g/mol. The fourth-order valence-corrected chi connectivity index (χ4v) is 9.13. The number of nitrogens with zero attached hydrogens (tertiary/aromatic N) is 4. The molecule has 6 aromatic rings. The predicted octanol–water partition coefficient (Wildman–Crippen LogP) is 7.28. The van der Waals surface area contributed by atoms with Crippen LogP contribution < -0.4 is 10.6 Å². The van der Waals surface area contributed by atoms with Gasteiger partial charge in [0.1, 0.15) is 23.7 Å². The van der Waals surface area contributed by atoms with E-state index in [0.29, 0.717) is 31.9 Å². The maximum absolute atomic E-state index is 13.9. The van der Waals surface area contributed by atoms with Crippen molar-refractivity contribution in [1.82, 2.24) is 40.4 Å². The number of likely N-dealkylation sites (tertiary alicyclic amines) is 2. The fourth-order valence-electron chi connectivity index (χ4n) is 9.13. The molecule has 2 aliphatic rings. The van der Waals surface area contributed by atoms with Crippen LogP contribution in [0.4, 0.5) is 9.59 Å². The molecule has 8 rings (SSSR count). The van der Waals surface area contributed by atoms with Crippen LogP contribution in [-0.2, 0) is 19.1 Å². The minimum atomic E-state index is -1.23. The number of amides is 4. The van der Waals surface area contributed by atoms with Gasteiger partial charge in [0.25, 0.3) is 0 Å². The molecule has 0 saturated carbocycles. The first kappa shape index (κ1) is 40.6. The van der Waals surface area contributed by atoms with Crippen LogP contribution in [0.5, 0.6) is 0 Å². The SMILES string of the molecule is COC[C@H]1C[C@@H](c2nc3ccc4cc(-c5ccc6c(ccc7nc([C@@H]8CCCN8C(=O)[C@@H](NC(=O)OC)C(C)C)[nH]c76)c5)ccc4c3[nH]2)N(C(=O)[C@@H](NC(=O)O)C(C)C)C1. The lowest BCUT2D eigenvalue weighted by Crippen LogP contribution is -2.51. The van der Waals surface area contributed by atoms with E-state index < -0.39 is 24.3 Å². The van der Waals surface area contributed by atoms with E-state index in [1.165, 1.54) is 7.11 Å². The van der Waals surface area contributed by atoms with Crippen molar-refractivity contribution in [3.8, 4) is 11.1 Å². The van der Waals surface area contributed by atoms with Crippen LogP contribution in [0.2, 0.25) is 0 Å². The van der Waals surface area contributed by atoms with Gasteiger partial charge in [0, 0.05) is 36.9 Å². The topological polar surface area (TPSA) is 195 Å². The molecule has 15 nitrogen and oxygen atoms in total. The second-order valence-electron chi connectivity index (χ2n) is 16.8. The van der Waals surface area contributed by atoms with Gasteiger partial charge in [0.05, 0.1) is 47.9 Å². The third kappa shape index (κ3) is 7.57. The summed E-state index contributed by atoms with van der Waals surface area (Å²) in [7, 11) is 2.93. The Hall–Kier alpha value is -6.22. The molecule has 0 radical (unpaired) electrons. The first-order chi connectivity index (χ1) is 28.8. The number of alkyl carbamates (subject to hydrolysis) is 1. The summed E-state index contributed by atoms with van der Waals surface area (Å²) in [5.74, 6) is 0.702. The maximum atomic E-state index is 13.9. The molecule has 2 fully saturated rings. The first-order valence-electron chi connectivity index (χ1n) is 20.6. The number of aromatic nitrogens is 4. The standard InChI is InChI=1S/C45H52N8O7/c1-23(2)36(50-44(56)57)43(55)53-21-25(22-59-5)18-35(53)41-47-33-16-12-29-20-27(10-14-31(29)39(33)49-41)26-9-13-30-28(19-26)11-15-32-38(30)48-40(46-32)34-8-7-17-52(34)42(54)37(24(3)4)51-45(58)60-6/h9-16,19-20,23-25,34-37,50H,7-8,17-18,21-22H2,1-6H3,(H,46,48)(H,47,49)(H,51,58)(H,56,57)/t25-,34-,35-,36-,37-/m0/s1. The van der Waals surface area contributed by atoms with Crippen molar-refractivity contribution in [3.05, 3.63) is 72.3 Å². The Morgan fingerprint density at radius 3 is 1.85 bits per heavy atom. The van der Waals surface area contributed by atoms with E-state index in [2.05, 4.69) is 69.1 Å². The van der Waals surface area contributed by atoms with E-state index in [4.69, 9.17) is 19.4 Å². The van der Waals surface area contributed by atoms with Crippen LogP contribution in [0.15, 0.2) is 60.7 Å². The molecule has 5 atom stereocenters. The minimum Gasteiger partial charge on any atom is -0.465 e. The number of methoxy groups -OCH3 is 2. The zero-order valence-corrected chi connectivity index (χ0v) is 34.7. The second kappa shape index (κ2) is 16.4. The van der Waals surface area contributed by atoms with E-state index in [-0.39, 0.29) is 41.7 Å². The number of nitrogens with one attached hydrogen (secondary N) is 4. The summed E-state index contributed by atoms with van der Waals surface area (Å²) in [5, 5.41) is 18.7. The van der Waals surface area contributed by atoms with Gasteiger partial charge in [-0.3, -0.25) is 9.59 Å². The highest BCUT2D eigenvalue weighted by Crippen LogP contribution is 2.39. The van der Waals surface area contributed by atoms with Crippen molar-refractivity contribution in [3.63, 3.8) is 0 Å². The second-order valence-corrected chi connectivity index (χ2v) is 16.8. The average molecular weight is 817 g/mol. The molecule has 314 valence electrons. The summed E-state index contributed by atoms with van der Waals surface area (Å²) in [5.41, 5.74) is 5.49. The van der Waals surface area contributed by atoms with Crippen molar-refractivity contribution in [2.24, 2.45) is 17.8 Å². The van der Waals surface area contributed by atoms with Crippen LogP contribution in [0.1, 0.15) is 70.7 Å². The molecular formula is C45H52N8O7. The third-order valence-electron chi connectivity index (χ3n) is 12.2. The van der Waals surface area contributed by atoms with Gasteiger partial charge in [-0.2, -0.15) is 0 Å². The zero-order chi connectivity index (χ0) is 42.4. The van der Waals surface area contributed by atoms with E-state index in [1.807, 2.05) is 44.7 Å².